The number of hydrogen-bond donors (Lipinski definition) is 2. The smallest absolute Gasteiger partial charge is 0.355 e. The summed E-state index contributed by atoms with van der Waals surface area (Å²) in [4.78, 5) is 49.8. The van der Waals surface area contributed by atoms with Gasteiger partial charge in [0, 0.05) is 15.7 Å². The minimum absolute atomic E-state index is 0.00298. The second-order valence-corrected chi connectivity index (χ2v) is 8.38. The average molecular weight is 604 g/mol. The molecule has 0 aliphatic carbocycles. The number of nitriles is 1. The first-order chi connectivity index (χ1) is 17.1. The first kappa shape index (κ1) is 26.2. The van der Waals surface area contributed by atoms with E-state index in [2.05, 4.69) is 0 Å². The molecule has 1 atom stereocenters. The highest BCUT2D eigenvalue weighted by Gasteiger charge is 2.44. The van der Waals surface area contributed by atoms with Gasteiger partial charge < -0.3 is 20.3 Å². The number of esters is 2. The lowest BCUT2D eigenvalue weighted by atomic mass is 9.80. The maximum atomic E-state index is 13.1. The molecule has 0 amide bonds. The second kappa shape index (κ2) is 10.4. The number of nitro benzene ring substituents is 1. The molecule has 0 saturated heterocycles. The number of ether oxygens (including phenoxy) is 2. The summed E-state index contributed by atoms with van der Waals surface area (Å²) in [6, 6.07) is 12.0. The number of aromatic carboxylic acids is 1. The number of carboxylic acids is 1. The summed E-state index contributed by atoms with van der Waals surface area (Å²) in [5, 5.41) is 31.3. The van der Waals surface area contributed by atoms with Gasteiger partial charge in [-0.1, -0.05) is 30.3 Å². The average Bonchev–Trinajstić information content (AvgIpc) is 2.87. The second-order valence-electron chi connectivity index (χ2n) is 7.22. The van der Waals surface area contributed by atoms with E-state index in [-0.39, 0.29) is 26.2 Å². The number of benzene rings is 2. The van der Waals surface area contributed by atoms with Crippen molar-refractivity contribution < 1.29 is 33.9 Å². The molecule has 13 heteroatoms. The molecule has 0 saturated carbocycles. The van der Waals surface area contributed by atoms with Crippen molar-refractivity contribution in [2.24, 2.45) is 5.73 Å². The highest BCUT2D eigenvalue weighted by Crippen LogP contribution is 2.45. The fourth-order valence-electron chi connectivity index (χ4n) is 3.83. The Labute approximate surface area is 217 Å². The number of nitro groups is 1. The van der Waals surface area contributed by atoms with Gasteiger partial charge in [-0.05, 0) is 28.2 Å². The van der Waals surface area contributed by atoms with Gasteiger partial charge in [0.05, 0.1) is 53.5 Å². The number of nitrogens with zero attached hydrogens (tertiary/aromatic N) is 3. The molecule has 0 bridgehead atoms. The molecule has 1 unspecified atom stereocenters. The van der Waals surface area contributed by atoms with Crippen LogP contribution in [0.2, 0.25) is 0 Å². The molecule has 0 aromatic heterocycles. The fourth-order valence-corrected chi connectivity index (χ4v) is 4.68. The number of anilines is 1. The van der Waals surface area contributed by atoms with E-state index >= 15 is 0 Å². The zero-order valence-corrected chi connectivity index (χ0v) is 20.9. The molecule has 1 aliphatic heterocycles. The van der Waals surface area contributed by atoms with Gasteiger partial charge in [-0.3, -0.25) is 15.0 Å². The van der Waals surface area contributed by atoms with Gasteiger partial charge in [0.25, 0.3) is 5.69 Å². The van der Waals surface area contributed by atoms with Crippen molar-refractivity contribution in [2.45, 2.75) is 5.92 Å². The van der Waals surface area contributed by atoms with E-state index in [1.807, 2.05) is 6.07 Å². The van der Waals surface area contributed by atoms with E-state index in [9.17, 15) is 34.9 Å². The van der Waals surface area contributed by atoms with Gasteiger partial charge in [0.2, 0.25) is 0 Å². The van der Waals surface area contributed by atoms with E-state index in [0.717, 1.165) is 31.3 Å². The fraction of sp³-hybridized carbons (Fsp3) is 0.130. The Kier molecular flexibility index (Phi) is 7.59. The topological polar surface area (TPSA) is 186 Å². The third-order valence-electron chi connectivity index (χ3n) is 5.32. The summed E-state index contributed by atoms with van der Waals surface area (Å²) in [5.41, 5.74) is 4.40. The predicted molar refractivity (Wildman–Crippen MR) is 132 cm³/mol. The van der Waals surface area contributed by atoms with Gasteiger partial charge in [-0.25, -0.2) is 14.4 Å². The summed E-state index contributed by atoms with van der Waals surface area (Å²) in [6.07, 6.45) is 0. The standard InChI is InChI=1S/C23H17IN4O8/c1-35-22(31)17-16(11-6-4-3-5-7-11)14(10-25)20(26)27(19(17)23(32)36-2)18-13(21(29)30)8-12(28(33)34)9-15(18)24/h3-9,16H,26H2,1-2H3,(H,29,30). The van der Waals surface area contributed by atoms with E-state index in [4.69, 9.17) is 15.2 Å². The van der Waals surface area contributed by atoms with Crippen LogP contribution in [-0.2, 0) is 19.1 Å². The van der Waals surface area contributed by atoms with Crippen LogP contribution in [0.5, 0.6) is 0 Å². The maximum absolute atomic E-state index is 13.1. The minimum atomic E-state index is -1.58. The molecule has 2 aromatic carbocycles. The van der Waals surface area contributed by atoms with Crippen LogP contribution in [0.1, 0.15) is 21.8 Å². The highest BCUT2D eigenvalue weighted by molar-refractivity contribution is 14.1. The van der Waals surface area contributed by atoms with Crippen LogP contribution in [0.15, 0.2) is 65.1 Å². The van der Waals surface area contributed by atoms with E-state index < -0.39 is 45.7 Å². The van der Waals surface area contributed by atoms with Crippen LogP contribution in [-0.4, -0.2) is 42.2 Å². The summed E-state index contributed by atoms with van der Waals surface area (Å²) < 4.78 is 9.83. The normalized spacial score (nSPS) is 15.3. The molecule has 1 heterocycles. The van der Waals surface area contributed by atoms with Crippen LogP contribution >= 0.6 is 22.6 Å². The Morgan fingerprint density at radius 2 is 1.78 bits per heavy atom. The third-order valence-corrected chi connectivity index (χ3v) is 6.15. The summed E-state index contributed by atoms with van der Waals surface area (Å²) in [7, 11) is 2.11. The minimum Gasteiger partial charge on any atom is -0.478 e. The Morgan fingerprint density at radius 1 is 1.17 bits per heavy atom. The number of nitrogens with two attached hydrogens (primary N) is 1. The molecule has 2 aromatic rings. The monoisotopic (exact) mass is 604 g/mol. The van der Waals surface area contributed by atoms with Crippen molar-refractivity contribution in [3.05, 3.63) is 89.9 Å². The third kappa shape index (κ3) is 4.45. The van der Waals surface area contributed by atoms with Crippen LogP contribution in [0, 0.1) is 25.0 Å². The molecule has 0 fully saturated rings. The summed E-state index contributed by atoms with van der Waals surface area (Å²) >= 11 is 1.64. The first-order valence-corrected chi connectivity index (χ1v) is 11.0. The number of methoxy groups -OCH3 is 2. The van der Waals surface area contributed by atoms with Crippen LogP contribution in [0.3, 0.4) is 0 Å². The zero-order chi connectivity index (χ0) is 26.7. The maximum Gasteiger partial charge on any atom is 0.355 e. The Hall–Kier alpha value is -4.45. The number of carbonyl (C=O) groups is 3. The number of carboxylic acid groups (broad SMARTS) is 1. The van der Waals surface area contributed by atoms with Gasteiger partial charge in [-0.2, -0.15) is 5.26 Å². The Balaban J connectivity index is 2.53. The summed E-state index contributed by atoms with van der Waals surface area (Å²) in [5.74, 6) is -5.18. The van der Waals surface area contributed by atoms with Gasteiger partial charge in [-0.15, -0.1) is 0 Å². The molecular formula is C23H17IN4O8. The van der Waals surface area contributed by atoms with Gasteiger partial charge >= 0.3 is 17.9 Å². The molecule has 3 N–H and O–H groups in total. The van der Waals surface area contributed by atoms with E-state index in [1.54, 1.807) is 52.9 Å². The lowest BCUT2D eigenvalue weighted by Crippen LogP contribution is -2.41. The molecule has 184 valence electrons. The quantitative estimate of drug-likeness (QED) is 0.214. The molecule has 0 radical (unpaired) electrons. The van der Waals surface area contributed by atoms with Crippen molar-refractivity contribution in [2.75, 3.05) is 19.1 Å². The van der Waals surface area contributed by atoms with E-state index in [0.29, 0.717) is 5.56 Å². The van der Waals surface area contributed by atoms with Crippen LogP contribution < -0.4 is 10.6 Å². The zero-order valence-electron chi connectivity index (χ0n) is 18.7. The number of carbonyl (C=O) groups excluding carboxylic acids is 2. The first-order valence-electron chi connectivity index (χ1n) is 9.95. The van der Waals surface area contributed by atoms with Crippen molar-refractivity contribution in [3.8, 4) is 6.07 Å². The lowest BCUT2D eigenvalue weighted by molar-refractivity contribution is -0.385. The van der Waals surface area contributed by atoms with Crippen molar-refractivity contribution in [3.63, 3.8) is 0 Å². The highest BCUT2D eigenvalue weighted by atomic mass is 127. The summed E-state index contributed by atoms with van der Waals surface area (Å²) in [6.45, 7) is 0. The molecule has 3 rings (SSSR count). The molecular weight excluding hydrogens is 587 g/mol. The number of hydrogen-bond acceptors (Lipinski definition) is 10. The SMILES string of the molecule is COC(=O)C1=C(C(=O)OC)N(c2c(I)cc([N+](=O)[O-])cc2C(=O)O)C(N)=C(C#N)C1c1ccccc1. The van der Waals surface area contributed by atoms with Crippen molar-refractivity contribution in [1.29, 1.82) is 5.26 Å². The number of non-ortho nitro benzene ring substituents is 1. The molecule has 12 nitrogen and oxygen atoms in total. The Bertz CT molecular complexity index is 1390. The predicted octanol–water partition coefficient (Wildman–Crippen LogP) is 2.80. The van der Waals surface area contributed by atoms with Gasteiger partial charge in [0.1, 0.15) is 11.5 Å². The number of halogens is 1. The Morgan fingerprint density at radius 3 is 2.28 bits per heavy atom. The van der Waals surface area contributed by atoms with Gasteiger partial charge in [0.15, 0.2) is 0 Å². The van der Waals surface area contributed by atoms with Crippen LogP contribution in [0.25, 0.3) is 0 Å². The van der Waals surface area contributed by atoms with Crippen molar-refractivity contribution in [1.82, 2.24) is 0 Å². The van der Waals surface area contributed by atoms with Crippen LogP contribution in [0.4, 0.5) is 11.4 Å². The van der Waals surface area contributed by atoms with E-state index in [1.165, 1.54) is 0 Å². The molecule has 0 spiro atoms. The molecule has 1 aliphatic rings. The number of allylic oxidation sites excluding steroid dienone is 1. The van der Waals surface area contributed by atoms with Crippen molar-refractivity contribution >= 4 is 51.9 Å². The lowest BCUT2D eigenvalue weighted by Gasteiger charge is -2.36. The number of rotatable bonds is 6. The molecule has 36 heavy (non-hydrogen) atoms. The largest absolute Gasteiger partial charge is 0.478 e.